The number of rotatable bonds is 3. The topological polar surface area (TPSA) is 47.9 Å². The zero-order valence-electron chi connectivity index (χ0n) is 9.64. The fraction of sp³-hybridized carbons (Fsp3) is 0.250. The highest BCUT2D eigenvalue weighted by molar-refractivity contribution is 6.30. The van der Waals surface area contributed by atoms with E-state index in [-0.39, 0.29) is 0 Å². The lowest BCUT2D eigenvalue weighted by Crippen LogP contribution is -1.98. The third-order valence-electron chi connectivity index (χ3n) is 2.37. The van der Waals surface area contributed by atoms with Gasteiger partial charge in [-0.1, -0.05) is 18.5 Å². The van der Waals surface area contributed by atoms with Crippen molar-refractivity contribution in [2.45, 2.75) is 20.3 Å². The quantitative estimate of drug-likeness (QED) is 0.784. The van der Waals surface area contributed by atoms with Gasteiger partial charge in [0.25, 0.3) is 0 Å². The van der Waals surface area contributed by atoms with Gasteiger partial charge in [0.2, 0.25) is 5.88 Å². The second-order valence-corrected chi connectivity index (χ2v) is 3.85. The summed E-state index contributed by atoms with van der Waals surface area (Å²) in [5.41, 5.74) is 1.61. The van der Waals surface area contributed by atoms with Gasteiger partial charge in [-0.05, 0) is 25.5 Å². The summed E-state index contributed by atoms with van der Waals surface area (Å²) in [6, 6.07) is 3.66. The molecule has 0 fully saturated rings. The summed E-state index contributed by atoms with van der Waals surface area (Å²) in [4.78, 5) is 12.2. The van der Waals surface area contributed by atoms with Crippen LogP contribution in [0.5, 0.6) is 11.6 Å². The third kappa shape index (κ3) is 2.53. The van der Waals surface area contributed by atoms with Gasteiger partial charge in [-0.25, -0.2) is 9.97 Å². The molecule has 0 saturated heterocycles. The van der Waals surface area contributed by atoms with Crippen molar-refractivity contribution in [1.82, 2.24) is 15.0 Å². The average molecular weight is 250 g/mol. The largest absolute Gasteiger partial charge is 0.437 e. The molecular weight excluding hydrogens is 238 g/mol. The van der Waals surface area contributed by atoms with Crippen molar-refractivity contribution < 1.29 is 4.74 Å². The van der Waals surface area contributed by atoms with Crippen LogP contribution >= 0.6 is 11.6 Å². The molecule has 0 aliphatic carbocycles. The first-order valence-electron chi connectivity index (χ1n) is 5.31. The first-order valence-corrected chi connectivity index (χ1v) is 5.69. The summed E-state index contributed by atoms with van der Waals surface area (Å²) in [6.07, 6.45) is 3.83. The number of ether oxygens (including phenoxy) is 1. The molecule has 17 heavy (non-hydrogen) atoms. The van der Waals surface area contributed by atoms with Gasteiger partial charge in [-0.15, -0.1) is 0 Å². The molecular formula is C12H12ClN3O. The molecule has 0 aliphatic heterocycles. The summed E-state index contributed by atoms with van der Waals surface area (Å²) in [5, 5.41) is 0.430. The number of halogens is 1. The Labute approximate surface area is 105 Å². The van der Waals surface area contributed by atoms with Gasteiger partial charge in [-0.3, -0.25) is 4.98 Å². The maximum absolute atomic E-state index is 5.99. The van der Waals surface area contributed by atoms with Crippen molar-refractivity contribution in [2.24, 2.45) is 0 Å². The van der Waals surface area contributed by atoms with Gasteiger partial charge in [0.1, 0.15) is 11.5 Å². The van der Waals surface area contributed by atoms with Crippen LogP contribution in [0.4, 0.5) is 0 Å². The minimum Gasteiger partial charge on any atom is -0.437 e. The average Bonchev–Trinajstić information content (AvgIpc) is 2.32. The highest BCUT2D eigenvalue weighted by Gasteiger charge is 2.11. The van der Waals surface area contributed by atoms with Crippen molar-refractivity contribution in [1.29, 1.82) is 0 Å². The van der Waals surface area contributed by atoms with E-state index in [1.54, 1.807) is 6.20 Å². The molecule has 88 valence electrons. The molecule has 0 amide bonds. The van der Waals surface area contributed by atoms with Crippen LogP contribution in [0, 0.1) is 6.92 Å². The molecule has 4 nitrogen and oxygen atoms in total. The standard InChI is InChI=1S/C12H12ClN3O/c1-3-9-11(13)15-7-16-12(9)17-10-5-4-6-14-8(10)2/h4-7H,3H2,1-2H3. The summed E-state index contributed by atoms with van der Waals surface area (Å²) >= 11 is 5.99. The Kier molecular flexibility index (Phi) is 3.54. The molecule has 2 heterocycles. The predicted octanol–water partition coefficient (Wildman–Crippen LogP) is 3.19. The number of hydrogen-bond donors (Lipinski definition) is 0. The molecule has 0 aromatic carbocycles. The van der Waals surface area contributed by atoms with Crippen LogP contribution in [0.3, 0.4) is 0 Å². The molecule has 0 radical (unpaired) electrons. The molecule has 0 saturated carbocycles. The Balaban J connectivity index is 2.37. The van der Waals surface area contributed by atoms with E-state index in [0.29, 0.717) is 23.2 Å². The van der Waals surface area contributed by atoms with Crippen molar-refractivity contribution in [3.05, 3.63) is 41.1 Å². The summed E-state index contributed by atoms with van der Waals surface area (Å²) in [6.45, 7) is 3.86. The Morgan fingerprint density at radius 2 is 2.12 bits per heavy atom. The van der Waals surface area contributed by atoms with E-state index in [4.69, 9.17) is 16.3 Å². The fourth-order valence-corrected chi connectivity index (χ4v) is 1.70. The van der Waals surface area contributed by atoms with Crippen LogP contribution in [-0.4, -0.2) is 15.0 Å². The van der Waals surface area contributed by atoms with E-state index in [1.807, 2.05) is 26.0 Å². The van der Waals surface area contributed by atoms with Gasteiger partial charge in [-0.2, -0.15) is 0 Å². The Morgan fingerprint density at radius 1 is 1.29 bits per heavy atom. The van der Waals surface area contributed by atoms with Gasteiger partial charge >= 0.3 is 0 Å². The number of aromatic nitrogens is 3. The lowest BCUT2D eigenvalue weighted by atomic mass is 10.2. The molecule has 0 unspecified atom stereocenters. The second kappa shape index (κ2) is 5.10. The molecule has 0 N–H and O–H groups in total. The Hall–Kier alpha value is -1.68. The van der Waals surface area contributed by atoms with Crippen LogP contribution in [0.25, 0.3) is 0 Å². The zero-order chi connectivity index (χ0) is 12.3. The summed E-state index contributed by atoms with van der Waals surface area (Å²) in [5.74, 6) is 1.17. The van der Waals surface area contributed by atoms with Crippen LogP contribution in [0.15, 0.2) is 24.7 Å². The highest BCUT2D eigenvalue weighted by atomic mass is 35.5. The Morgan fingerprint density at radius 3 is 2.82 bits per heavy atom. The lowest BCUT2D eigenvalue weighted by Gasteiger charge is -2.10. The van der Waals surface area contributed by atoms with Gasteiger partial charge in [0.15, 0.2) is 5.75 Å². The zero-order valence-corrected chi connectivity index (χ0v) is 10.4. The van der Waals surface area contributed by atoms with Crippen molar-refractivity contribution >= 4 is 11.6 Å². The summed E-state index contributed by atoms with van der Waals surface area (Å²) in [7, 11) is 0. The molecule has 2 rings (SSSR count). The molecule has 0 atom stereocenters. The van der Waals surface area contributed by atoms with Crippen molar-refractivity contribution in [2.75, 3.05) is 0 Å². The first-order chi connectivity index (χ1) is 8.22. The predicted molar refractivity (Wildman–Crippen MR) is 65.5 cm³/mol. The van der Waals surface area contributed by atoms with Crippen LogP contribution in [-0.2, 0) is 6.42 Å². The number of pyridine rings is 1. The molecule has 0 bridgehead atoms. The van der Waals surface area contributed by atoms with Crippen molar-refractivity contribution in [3.8, 4) is 11.6 Å². The van der Waals surface area contributed by atoms with Gasteiger partial charge < -0.3 is 4.74 Å². The maximum atomic E-state index is 5.99. The highest BCUT2D eigenvalue weighted by Crippen LogP contribution is 2.28. The lowest BCUT2D eigenvalue weighted by molar-refractivity contribution is 0.449. The molecule has 5 heteroatoms. The minimum atomic E-state index is 0.430. The molecule has 2 aromatic rings. The SMILES string of the molecule is CCc1c(Cl)ncnc1Oc1cccnc1C. The Bertz CT molecular complexity index is 531. The number of nitrogens with zero attached hydrogens (tertiary/aromatic N) is 3. The normalized spacial score (nSPS) is 10.3. The second-order valence-electron chi connectivity index (χ2n) is 3.49. The van der Waals surface area contributed by atoms with Gasteiger partial charge in [0.05, 0.1) is 11.3 Å². The van der Waals surface area contributed by atoms with Crippen LogP contribution < -0.4 is 4.74 Å². The molecule has 0 aliphatic rings. The smallest absolute Gasteiger partial charge is 0.227 e. The van der Waals surface area contributed by atoms with E-state index < -0.39 is 0 Å². The molecule has 2 aromatic heterocycles. The fourth-order valence-electron chi connectivity index (χ4n) is 1.44. The van der Waals surface area contributed by atoms with E-state index in [0.717, 1.165) is 11.3 Å². The van der Waals surface area contributed by atoms with E-state index in [1.165, 1.54) is 6.33 Å². The van der Waals surface area contributed by atoms with Crippen LogP contribution in [0.2, 0.25) is 5.15 Å². The van der Waals surface area contributed by atoms with Crippen LogP contribution in [0.1, 0.15) is 18.2 Å². The monoisotopic (exact) mass is 249 g/mol. The number of aryl methyl sites for hydroxylation is 1. The van der Waals surface area contributed by atoms with E-state index in [9.17, 15) is 0 Å². The maximum Gasteiger partial charge on any atom is 0.227 e. The third-order valence-corrected chi connectivity index (χ3v) is 2.70. The van der Waals surface area contributed by atoms with Crippen molar-refractivity contribution in [3.63, 3.8) is 0 Å². The number of hydrogen-bond acceptors (Lipinski definition) is 4. The van der Waals surface area contributed by atoms with E-state index in [2.05, 4.69) is 15.0 Å². The first kappa shape index (κ1) is 11.8. The van der Waals surface area contributed by atoms with Gasteiger partial charge in [0, 0.05) is 6.20 Å². The minimum absolute atomic E-state index is 0.430. The van der Waals surface area contributed by atoms with E-state index >= 15 is 0 Å². The summed E-state index contributed by atoms with van der Waals surface area (Å²) < 4.78 is 5.71. The molecule has 0 spiro atoms.